The van der Waals surface area contributed by atoms with Gasteiger partial charge in [0.25, 0.3) is 0 Å². The first kappa shape index (κ1) is 23.0. The number of anilines is 1. The largest absolute Gasteiger partial charge is 0.494 e. The molecule has 0 bridgehead atoms. The van der Waals surface area contributed by atoms with Crippen molar-refractivity contribution in [3.05, 3.63) is 52.0 Å². The Morgan fingerprint density at radius 3 is 2.77 bits per heavy atom. The van der Waals surface area contributed by atoms with Gasteiger partial charge in [-0.1, -0.05) is 35.3 Å². The number of benzene rings is 2. The first-order chi connectivity index (χ1) is 14.9. The van der Waals surface area contributed by atoms with Gasteiger partial charge in [-0.05, 0) is 49.9 Å². The Hall–Kier alpha value is -1.15. The number of nitrogens with zero attached hydrogens (tertiary/aromatic N) is 2. The van der Waals surface area contributed by atoms with Gasteiger partial charge in [-0.25, -0.2) is 5.21 Å². The SMILES string of the molecule is O[N+]1(c2cccc(Cl)c2Cl)CCN(CCCCOc2ccc3c(c2)NC(S)CC3)CC1. The van der Waals surface area contributed by atoms with E-state index < -0.39 is 0 Å². The summed E-state index contributed by atoms with van der Waals surface area (Å²) in [7, 11) is 0. The van der Waals surface area contributed by atoms with Crippen molar-refractivity contribution < 1.29 is 9.94 Å². The lowest BCUT2D eigenvalue weighted by atomic mass is 10.0. The van der Waals surface area contributed by atoms with E-state index in [1.165, 1.54) is 5.56 Å². The standard InChI is InChI=1S/C23H29Cl2N3O2S/c24-19-4-3-5-21(23(19)25)28(29)13-11-27(12-14-28)10-1-2-15-30-18-8-6-17-7-9-22(31)26-20(17)16-18/h3-6,8,16,22,26,29H,1-2,7,9-15H2/p+1. The van der Waals surface area contributed by atoms with Gasteiger partial charge in [0.1, 0.15) is 23.9 Å². The minimum absolute atomic E-state index is 0.154. The fourth-order valence-electron chi connectivity index (χ4n) is 4.28. The van der Waals surface area contributed by atoms with E-state index in [2.05, 4.69) is 41.0 Å². The Kier molecular flexibility index (Phi) is 7.57. The van der Waals surface area contributed by atoms with Gasteiger partial charge in [0.05, 0.1) is 30.1 Å². The van der Waals surface area contributed by atoms with Crippen molar-refractivity contribution in [2.75, 3.05) is 44.6 Å². The summed E-state index contributed by atoms with van der Waals surface area (Å²) in [5.41, 5.74) is 3.16. The number of hydrogen-bond donors (Lipinski definition) is 3. The Labute approximate surface area is 199 Å². The fourth-order valence-corrected chi connectivity index (χ4v) is 5.01. The minimum Gasteiger partial charge on any atom is -0.494 e. The van der Waals surface area contributed by atoms with Gasteiger partial charge in [-0.15, -0.1) is 4.65 Å². The maximum Gasteiger partial charge on any atom is 0.185 e. The number of fused-ring (bicyclic) bond motifs is 1. The van der Waals surface area contributed by atoms with Crippen LogP contribution in [-0.4, -0.2) is 54.8 Å². The number of unbranched alkanes of at least 4 members (excludes halogenated alkanes) is 1. The number of ether oxygens (including phenoxy) is 1. The molecular formula is C23H30Cl2N3O2S+. The van der Waals surface area contributed by atoms with Crippen LogP contribution in [0.25, 0.3) is 0 Å². The summed E-state index contributed by atoms with van der Waals surface area (Å²) in [6, 6.07) is 11.7. The van der Waals surface area contributed by atoms with Crippen LogP contribution < -0.4 is 14.7 Å². The Bertz CT molecular complexity index is 906. The highest BCUT2D eigenvalue weighted by Crippen LogP contribution is 2.36. The molecule has 0 aliphatic carbocycles. The summed E-state index contributed by atoms with van der Waals surface area (Å²) in [6.45, 7) is 4.55. The van der Waals surface area contributed by atoms with Crippen LogP contribution in [0.5, 0.6) is 5.75 Å². The average Bonchev–Trinajstić information content (AvgIpc) is 2.76. The molecule has 4 rings (SSSR count). The summed E-state index contributed by atoms with van der Waals surface area (Å²) in [4.78, 5) is 2.39. The third kappa shape index (κ3) is 5.62. The molecule has 1 saturated heterocycles. The van der Waals surface area contributed by atoms with Gasteiger partial charge in [-0.3, -0.25) is 4.90 Å². The predicted molar refractivity (Wildman–Crippen MR) is 132 cm³/mol. The van der Waals surface area contributed by atoms with Gasteiger partial charge >= 0.3 is 0 Å². The summed E-state index contributed by atoms with van der Waals surface area (Å²) in [5, 5.41) is 15.6. The second-order valence-corrected chi connectivity index (χ2v) is 9.77. The maximum absolute atomic E-state index is 11.0. The van der Waals surface area contributed by atoms with Crippen LogP contribution >= 0.6 is 35.8 Å². The van der Waals surface area contributed by atoms with Crippen molar-refractivity contribution in [2.45, 2.75) is 31.1 Å². The zero-order valence-electron chi connectivity index (χ0n) is 17.6. The molecule has 1 fully saturated rings. The van der Waals surface area contributed by atoms with E-state index >= 15 is 0 Å². The van der Waals surface area contributed by atoms with Gasteiger partial charge in [0, 0.05) is 17.8 Å². The molecule has 0 radical (unpaired) electrons. The smallest absolute Gasteiger partial charge is 0.185 e. The summed E-state index contributed by atoms with van der Waals surface area (Å²) >= 11 is 17.0. The number of quaternary nitrogens is 1. The zero-order valence-corrected chi connectivity index (χ0v) is 20.0. The van der Waals surface area contributed by atoms with E-state index in [1.54, 1.807) is 6.07 Å². The summed E-state index contributed by atoms with van der Waals surface area (Å²) in [5.74, 6) is 0.910. The number of hydroxylamine groups is 2. The van der Waals surface area contributed by atoms with Crippen molar-refractivity contribution >= 4 is 47.2 Å². The summed E-state index contributed by atoms with van der Waals surface area (Å²) < 4.78 is 5.80. The zero-order chi connectivity index (χ0) is 21.8. The van der Waals surface area contributed by atoms with E-state index in [4.69, 9.17) is 27.9 Å². The molecule has 5 nitrogen and oxygen atoms in total. The topological polar surface area (TPSA) is 44.7 Å². The molecular weight excluding hydrogens is 453 g/mol. The lowest BCUT2D eigenvalue weighted by molar-refractivity contribution is -0.106. The highest BCUT2D eigenvalue weighted by Gasteiger charge is 2.36. The van der Waals surface area contributed by atoms with Crippen molar-refractivity contribution in [1.29, 1.82) is 0 Å². The van der Waals surface area contributed by atoms with Gasteiger partial charge in [0.15, 0.2) is 5.69 Å². The van der Waals surface area contributed by atoms with E-state index in [0.717, 1.165) is 56.8 Å². The van der Waals surface area contributed by atoms with Crippen molar-refractivity contribution in [3.63, 3.8) is 0 Å². The molecule has 0 spiro atoms. The molecule has 168 valence electrons. The molecule has 0 saturated carbocycles. The highest BCUT2D eigenvalue weighted by molar-refractivity contribution is 7.81. The highest BCUT2D eigenvalue weighted by atomic mass is 35.5. The lowest BCUT2D eigenvalue weighted by Crippen LogP contribution is -2.59. The first-order valence-corrected chi connectivity index (χ1v) is 12.2. The third-order valence-corrected chi connectivity index (χ3v) is 7.38. The van der Waals surface area contributed by atoms with Crippen LogP contribution in [0.15, 0.2) is 36.4 Å². The van der Waals surface area contributed by atoms with Gasteiger partial charge in [-0.2, -0.15) is 12.6 Å². The van der Waals surface area contributed by atoms with Gasteiger partial charge < -0.3 is 10.1 Å². The van der Waals surface area contributed by atoms with Crippen LogP contribution in [0.3, 0.4) is 0 Å². The van der Waals surface area contributed by atoms with E-state index in [1.807, 2.05) is 12.1 Å². The van der Waals surface area contributed by atoms with Crippen LogP contribution in [0.4, 0.5) is 11.4 Å². The number of hydrogen-bond acceptors (Lipinski definition) is 5. The first-order valence-electron chi connectivity index (χ1n) is 10.9. The van der Waals surface area contributed by atoms with Crippen molar-refractivity contribution in [3.8, 4) is 5.75 Å². The molecule has 2 heterocycles. The quantitative estimate of drug-likeness (QED) is 0.277. The van der Waals surface area contributed by atoms with Crippen molar-refractivity contribution in [1.82, 2.24) is 9.55 Å². The number of aryl methyl sites for hydroxylation is 1. The summed E-state index contributed by atoms with van der Waals surface area (Å²) in [6.07, 6.45) is 4.17. The number of halogens is 2. The molecule has 2 N–H and O–H groups in total. The Morgan fingerprint density at radius 2 is 1.97 bits per heavy atom. The number of rotatable bonds is 7. The van der Waals surface area contributed by atoms with E-state index in [0.29, 0.717) is 35.4 Å². The molecule has 8 heteroatoms. The normalized spacial score (nSPS) is 20.7. The molecule has 1 atom stereocenters. The third-order valence-electron chi connectivity index (χ3n) is 6.18. The predicted octanol–water partition coefficient (Wildman–Crippen LogP) is 5.48. The second kappa shape index (κ2) is 10.2. The Morgan fingerprint density at radius 1 is 1.16 bits per heavy atom. The molecule has 2 aliphatic rings. The average molecular weight is 483 g/mol. The molecule has 31 heavy (non-hydrogen) atoms. The Balaban J connectivity index is 1.18. The van der Waals surface area contributed by atoms with E-state index in [-0.39, 0.29) is 10.0 Å². The fraction of sp³-hybridized carbons (Fsp3) is 0.478. The molecule has 2 aromatic rings. The van der Waals surface area contributed by atoms with E-state index in [9.17, 15) is 5.21 Å². The van der Waals surface area contributed by atoms with Gasteiger partial charge in [0.2, 0.25) is 0 Å². The molecule has 0 aromatic heterocycles. The minimum atomic E-state index is -0.154. The molecule has 2 aromatic carbocycles. The van der Waals surface area contributed by atoms with Crippen LogP contribution in [0.1, 0.15) is 24.8 Å². The van der Waals surface area contributed by atoms with Crippen LogP contribution in [-0.2, 0) is 6.42 Å². The maximum atomic E-state index is 11.0. The monoisotopic (exact) mass is 482 g/mol. The number of nitrogens with one attached hydrogen (secondary N) is 1. The molecule has 2 aliphatic heterocycles. The molecule has 1 unspecified atom stereocenters. The van der Waals surface area contributed by atoms with Crippen LogP contribution in [0, 0.1) is 0 Å². The molecule has 0 amide bonds. The second-order valence-electron chi connectivity index (χ2n) is 8.36. The lowest BCUT2D eigenvalue weighted by Gasteiger charge is -2.38. The number of piperazine rings is 1. The van der Waals surface area contributed by atoms with Crippen LogP contribution in [0.2, 0.25) is 10.0 Å². The van der Waals surface area contributed by atoms with Crippen molar-refractivity contribution in [2.24, 2.45) is 0 Å². The number of thiol groups is 1.